The second-order valence-corrected chi connectivity index (χ2v) is 2.12. The van der Waals surface area contributed by atoms with Crippen LogP contribution in [0.3, 0.4) is 0 Å². The van der Waals surface area contributed by atoms with E-state index in [4.69, 9.17) is 11.5 Å². The Morgan fingerprint density at radius 2 is 1.92 bits per heavy atom. The van der Waals surface area contributed by atoms with Crippen LogP contribution in [0.25, 0.3) is 0 Å². The van der Waals surface area contributed by atoms with Gasteiger partial charge in [-0.25, -0.2) is 0 Å². The standard InChI is InChI=1S/C6H11N3O3/c7-6(8)9-3-1-2-4(10)5(11)12/h1-3H2,(H,11,12)(H4,7,8,9)/p-1. The van der Waals surface area contributed by atoms with Crippen LogP contribution in [0.1, 0.15) is 12.8 Å². The molecule has 0 saturated heterocycles. The number of ketones is 1. The van der Waals surface area contributed by atoms with E-state index in [2.05, 4.69) is 4.99 Å². The second-order valence-electron chi connectivity index (χ2n) is 2.12. The van der Waals surface area contributed by atoms with Gasteiger partial charge in [0, 0.05) is 13.0 Å². The molecule has 0 rings (SSSR count). The minimum atomic E-state index is -1.67. The summed E-state index contributed by atoms with van der Waals surface area (Å²) < 4.78 is 0. The lowest BCUT2D eigenvalue weighted by atomic mass is 10.2. The summed E-state index contributed by atoms with van der Waals surface area (Å²) in [4.78, 5) is 23.9. The summed E-state index contributed by atoms with van der Waals surface area (Å²) in [7, 11) is 0. The lowest BCUT2D eigenvalue weighted by Crippen LogP contribution is -2.31. The second kappa shape index (κ2) is 5.11. The van der Waals surface area contributed by atoms with Crippen LogP contribution in [0, 0.1) is 0 Å². The fraction of sp³-hybridized carbons (Fsp3) is 0.500. The highest BCUT2D eigenvalue weighted by atomic mass is 16.4. The zero-order chi connectivity index (χ0) is 9.56. The van der Waals surface area contributed by atoms with Gasteiger partial charge in [0.15, 0.2) is 11.7 Å². The molecule has 68 valence electrons. The molecule has 0 aliphatic heterocycles. The van der Waals surface area contributed by atoms with Crippen molar-refractivity contribution < 1.29 is 14.7 Å². The lowest BCUT2D eigenvalue weighted by Gasteiger charge is -1.98. The first-order chi connectivity index (χ1) is 5.54. The number of Topliss-reactive ketones (excluding diaryl/α,β-unsaturated/α-hetero) is 1. The molecule has 0 amide bonds. The van der Waals surface area contributed by atoms with Gasteiger partial charge in [-0.05, 0) is 6.42 Å². The summed E-state index contributed by atoms with van der Waals surface area (Å²) in [6, 6.07) is 0. The van der Waals surface area contributed by atoms with Crippen molar-refractivity contribution in [1.29, 1.82) is 0 Å². The van der Waals surface area contributed by atoms with Crippen LogP contribution < -0.4 is 16.6 Å². The number of aliphatic carboxylic acids is 1. The van der Waals surface area contributed by atoms with Gasteiger partial charge in [-0.15, -0.1) is 0 Å². The molecule has 0 saturated carbocycles. The largest absolute Gasteiger partial charge is 0.542 e. The van der Waals surface area contributed by atoms with Gasteiger partial charge in [0.05, 0.1) is 0 Å². The first-order valence-corrected chi connectivity index (χ1v) is 3.33. The molecule has 0 aliphatic rings. The highest BCUT2D eigenvalue weighted by Gasteiger charge is 2.00. The third-order valence-corrected chi connectivity index (χ3v) is 1.08. The number of nitrogens with zero attached hydrogens (tertiary/aromatic N) is 1. The van der Waals surface area contributed by atoms with Crippen LogP contribution in [0.4, 0.5) is 0 Å². The highest BCUT2D eigenvalue weighted by Crippen LogP contribution is 1.90. The number of aliphatic imine (C=N–C) groups is 1. The first kappa shape index (κ1) is 10.4. The van der Waals surface area contributed by atoms with Gasteiger partial charge in [-0.1, -0.05) is 0 Å². The molecule has 0 aliphatic carbocycles. The van der Waals surface area contributed by atoms with Crippen molar-refractivity contribution in [2.75, 3.05) is 6.54 Å². The number of carbonyl (C=O) groups is 2. The van der Waals surface area contributed by atoms with Gasteiger partial charge in [0.2, 0.25) is 0 Å². The van der Waals surface area contributed by atoms with Crippen LogP contribution in [0.15, 0.2) is 4.99 Å². The average Bonchev–Trinajstić information content (AvgIpc) is 1.97. The maximum absolute atomic E-state index is 10.4. The number of rotatable bonds is 5. The molecule has 0 aromatic rings. The Hall–Kier alpha value is -1.59. The third kappa shape index (κ3) is 5.21. The molecule has 0 unspecified atom stereocenters. The highest BCUT2D eigenvalue weighted by molar-refractivity contribution is 6.31. The first-order valence-electron chi connectivity index (χ1n) is 3.33. The zero-order valence-electron chi connectivity index (χ0n) is 6.45. The molecule has 0 heterocycles. The van der Waals surface area contributed by atoms with Crippen molar-refractivity contribution in [1.82, 2.24) is 0 Å². The molecule has 0 atom stereocenters. The van der Waals surface area contributed by atoms with Gasteiger partial charge in [0.1, 0.15) is 5.97 Å². The van der Waals surface area contributed by atoms with Crippen LogP contribution in [-0.2, 0) is 9.59 Å². The summed E-state index contributed by atoms with van der Waals surface area (Å²) >= 11 is 0. The van der Waals surface area contributed by atoms with Crippen LogP contribution in [-0.4, -0.2) is 24.3 Å². The van der Waals surface area contributed by atoms with E-state index in [-0.39, 0.29) is 18.9 Å². The van der Waals surface area contributed by atoms with Gasteiger partial charge < -0.3 is 21.4 Å². The molecule has 0 bridgehead atoms. The van der Waals surface area contributed by atoms with E-state index < -0.39 is 11.8 Å². The van der Waals surface area contributed by atoms with E-state index in [1.165, 1.54) is 0 Å². The normalized spacial score (nSPS) is 9.00. The summed E-state index contributed by atoms with van der Waals surface area (Å²) in [6.45, 7) is 0.251. The van der Waals surface area contributed by atoms with Crippen molar-refractivity contribution >= 4 is 17.7 Å². The van der Waals surface area contributed by atoms with Gasteiger partial charge >= 0.3 is 0 Å². The maximum Gasteiger partial charge on any atom is 0.185 e. The topological polar surface area (TPSA) is 122 Å². The van der Waals surface area contributed by atoms with E-state index in [1.54, 1.807) is 0 Å². The smallest absolute Gasteiger partial charge is 0.185 e. The molecule has 12 heavy (non-hydrogen) atoms. The Labute approximate surface area is 69.3 Å². The predicted molar refractivity (Wildman–Crippen MR) is 39.9 cm³/mol. The lowest BCUT2D eigenvalue weighted by molar-refractivity contribution is -0.300. The number of guanidine groups is 1. The Morgan fingerprint density at radius 3 is 2.33 bits per heavy atom. The van der Waals surface area contributed by atoms with Crippen molar-refractivity contribution in [3.8, 4) is 0 Å². The Balaban J connectivity index is 3.51. The van der Waals surface area contributed by atoms with Crippen molar-refractivity contribution in [3.63, 3.8) is 0 Å². The molecule has 0 spiro atoms. The van der Waals surface area contributed by atoms with E-state index in [0.717, 1.165) is 0 Å². The monoisotopic (exact) mass is 172 g/mol. The molecule has 6 heteroatoms. The number of nitrogens with two attached hydrogens (primary N) is 2. The predicted octanol–water partition coefficient (Wildman–Crippen LogP) is -2.64. The molecular weight excluding hydrogens is 162 g/mol. The van der Waals surface area contributed by atoms with E-state index >= 15 is 0 Å². The number of carboxylic acid groups (broad SMARTS) is 1. The number of carboxylic acids is 1. The molecule has 0 aromatic carbocycles. The summed E-state index contributed by atoms with van der Waals surface area (Å²) in [6.07, 6.45) is 0.212. The molecular formula is C6H10N3O3-. The fourth-order valence-electron chi connectivity index (χ4n) is 0.550. The third-order valence-electron chi connectivity index (χ3n) is 1.08. The van der Waals surface area contributed by atoms with E-state index in [0.29, 0.717) is 6.42 Å². The van der Waals surface area contributed by atoms with Crippen LogP contribution in [0.2, 0.25) is 0 Å². The summed E-state index contributed by atoms with van der Waals surface area (Å²) in [5.74, 6) is -2.67. The van der Waals surface area contributed by atoms with Gasteiger partial charge in [-0.2, -0.15) is 0 Å². The van der Waals surface area contributed by atoms with Crippen LogP contribution >= 0.6 is 0 Å². The number of carbonyl (C=O) groups excluding carboxylic acids is 2. The van der Waals surface area contributed by atoms with Crippen molar-refractivity contribution in [3.05, 3.63) is 0 Å². The molecule has 0 fully saturated rings. The minimum absolute atomic E-state index is 0.0732. The Kier molecular flexibility index (Phi) is 4.43. The zero-order valence-corrected chi connectivity index (χ0v) is 6.45. The summed E-state index contributed by atoms with van der Waals surface area (Å²) in [5, 5.41) is 9.88. The summed E-state index contributed by atoms with van der Waals surface area (Å²) in [5.41, 5.74) is 9.97. The SMILES string of the molecule is NC(N)=NCCCC(=O)C(=O)[O-]. The van der Waals surface area contributed by atoms with E-state index in [1.807, 2.05) is 0 Å². The Bertz CT molecular complexity index is 208. The fourth-order valence-corrected chi connectivity index (χ4v) is 0.550. The number of hydrogen-bond acceptors (Lipinski definition) is 4. The molecule has 6 nitrogen and oxygen atoms in total. The quantitative estimate of drug-likeness (QED) is 0.203. The molecule has 0 aromatic heterocycles. The van der Waals surface area contributed by atoms with Crippen molar-refractivity contribution in [2.24, 2.45) is 16.5 Å². The Morgan fingerprint density at radius 1 is 1.33 bits per heavy atom. The maximum atomic E-state index is 10.4. The number of hydrogen-bond donors (Lipinski definition) is 2. The minimum Gasteiger partial charge on any atom is -0.542 e. The van der Waals surface area contributed by atoms with Gasteiger partial charge in [-0.3, -0.25) is 9.79 Å². The van der Waals surface area contributed by atoms with Crippen molar-refractivity contribution in [2.45, 2.75) is 12.8 Å². The molecule has 4 N–H and O–H groups in total. The molecule has 0 radical (unpaired) electrons. The van der Waals surface area contributed by atoms with Gasteiger partial charge in [0.25, 0.3) is 0 Å². The van der Waals surface area contributed by atoms with E-state index in [9.17, 15) is 14.7 Å². The average molecular weight is 172 g/mol. The van der Waals surface area contributed by atoms with Crippen LogP contribution in [0.5, 0.6) is 0 Å².